The van der Waals surface area contributed by atoms with Crippen molar-refractivity contribution in [2.75, 3.05) is 13.2 Å². The van der Waals surface area contributed by atoms with Gasteiger partial charge in [0.2, 0.25) is 0 Å². The van der Waals surface area contributed by atoms with Gasteiger partial charge in [-0.3, -0.25) is 4.68 Å². The molecule has 0 fully saturated rings. The quantitative estimate of drug-likeness (QED) is 0.753. The maximum atomic E-state index is 6.12. The largest absolute Gasteiger partial charge is 0.376 e. The van der Waals surface area contributed by atoms with Crippen LogP contribution in [0.15, 0.2) is 12.3 Å². The van der Waals surface area contributed by atoms with Gasteiger partial charge in [0.25, 0.3) is 0 Å². The molecule has 0 aliphatic heterocycles. The first-order chi connectivity index (χ1) is 9.95. The van der Waals surface area contributed by atoms with Crippen molar-refractivity contribution in [1.82, 2.24) is 15.1 Å². The molecule has 1 rings (SSSR count). The molecule has 0 aromatic carbocycles. The molecule has 0 aliphatic carbocycles. The van der Waals surface area contributed by atoms with E-state index in [4.69, 9.17) is 4.74 Å². The van der Waals surface area contributed by atoms with Crippen LogP contribution in [-0.4, -0.2) is 29.0 Å². The molecule has 4 nitrogen and oxygen atoms in total. The van der Waals surface area contributed by atoms with Crippen LogP contribution >= 0.6 is 0 Å². The van der Waals surface area contributed by atoms with E-state index in [0.29, 0.717) is 0 Å². The zero-order valence-corrected chi connectivity index (χ0v) is 14.6. The molecule has 0 radical (unpaired) electrons. The molecule has 1 heterocycles. The number of rotatable bonds is 9. The fourth-order valence-electron chi connectivity index (χ4n) is 2.70. The maximum Gasteiger partial charge on any atom is 0.0832 e. The molecular weight excluding hydrogens is 262 g/mol. The zero-order chi connectivity index (χ0) is 15.9. The number of hydrogen-bond acceptors (Lipinski definition) is 3. The number of hydrogen-bond donors (Lipinski definition) is 1. The minimum absolute atomic E-state index is 0.0722. The number of ether oxygens (including phenoxy) is 1. The molecule has 0 saturated carbocycles. The fourth-order valence-corrected chi connectivity index (χ4v) is 2.70. The Morgan fingerprint density at radius 2 is 1.95 bits per heavy atom. The summed E-state index contributed by atoms with van der Waals surface area (Å²) >= 11 is 0. The van der Waals surface area contributed by atoms with Gasteiger partial charge in [-0.15, -0.1) is 0 Å². The van der Waals surface area contributed by atoms with Crippen LogP contribution in [0.1, 0.15) is 66.1 Å². The predicted octanol–water partition coefficient (Wildman–Crippen LogP) is 3.79. The highest BCUT2D eigenvalue weighted by Gasteiger charge is 2.35. The Bertz CT molecular complexity index is 395. The van der Waals surface area contributed by atoms with Crippen molar-refractivity contribution in [1.29, 1.82) is 0 Å². The maximum absolute atomic E-state index is 6.12. The lowest BCUT2D eigenvalue weighted by molar-refractivity contribution is -0.0383. The van der Waals surface area contributed by atoms with Crippen LogP contribution < -0.4 is 5.32 Å². The smallest absolute Gasteiger partial charge is 0.0832 e. The highest BCUT2D eigenvalue weighted by atomic mass is 16.5. The van der Waals surface area contributed by atoms with Gasteiger partial charge in [0.05, 0.1) is 17.8 Å². The van der Waals surface area contributed by atoms with Gasteiger partial charge in [0.1, 0.15) is 0 Å². The second kappa shape index (κ2) is 8.54. The summed E-state index contributed by atoms with van der Waals surface area (Å²) in [7, 11) is 0. The number of nitrogens with one attached hydrogen (secondary N) is 1. The second-order valence-corrected chi connectivity index (χ2v) is 6.65. The Labute approximate surface area is 130 Å². The number of aryl methyl sites for hydroxylation is 1. The van der Waals surface area contributed by atoms with Crippen LogP contribution in [0.5, 0.6) is 0 Å². The van der Waals surface area contributed by atoms with E-state index in [-0.39, 0.29) is 17.6 Å². The molecule has 0 amide bonds. The molecular formula is C17H33N3O. The van der Waals surface area contributed by atoms with Crippen molar-refractivity contribution in [3.63, 3.8) is 0 Å². The topological polar surface area (TPSA) is 39.1 Å². The standard InChI is InChI=1S/C17H33N3O/c1-7-11-18-15(16(21-9-3)17(4,5)6)14-10-12-19-20(14)13-8-2/h10,12,15-16,18H,7-9,11,13H2,1-6H3. The Morgan fingerprint density at radius 1 is 1.24 bits per heavy atom. The summed E-state index contributed by atoms with van der Waals surface area (Å²) in [6.07, 6.45) is 4.23. The lowest BCUT2D eigenvalue weighted by atomic mass is 9.83. The first-order valence-corrected chi connectivity index (χ1v) is 8.32. The molecule has 0 bridgehead atoms. The monoisotopic (exact) mass is 295 g/mol. The van der Waals surface area contributed by atoms with Crippen molar-refractivity contribution in [2.45, 2.75) is 73.1 Å². The predicted molar refractivity (Wildman–Crippen MR) is 88.4 cm³/mol. The molecule has 1 aromatic heterocycles. The van der Waals surface area contributed by atoms with E-state index < -0.39 is 0 Å². The van der Waals surface area contributed by atoms with E-state index in [0.717, 1.165) is 32.5 Å². The van der Waals surface area contributed by atoms with Crippen LogP contribution in [0.25, 0.3) is 0 Å². The third-order valence-electron chi connectivity index (χ3n) is 3.62. The van der Waals surface area contributed by atoms with Crippen molar-refractivity contribution in [2.24, 2.45) is 5.41 Å². The van der Waals surface area contributed by atoms with Crippen molar-refractivity contribution < 1.29 is 4.74 Å². The van der Waals surface area contributed by atoms with Gasteiger partial charge < -0.3 is 10.1 Å². The summed E-state index contributed by atoms with van der Waals surface area (Å²) in [5.74, 6) is 0. The minimum Gasteiger partial charge on any atom is -0.376 e. The fraction of sp³-hybridized carbons (Fsp3) is 0.824. The van der Waals surface area contributed by atoms with E-state index in [1.807, 2.05) is 6.20 Å². The summed E-state index contributed by atoms with van der Waals surface area (Å²) in [5, 5.41) is 8.16. The molecule has 0 saturated heterocycles. The van der Waals surface area contributed by atoms with Gasteiger partial charge in [-0.2, -0.15) is 5.10 Å². The molecule has 21 heavy (non-hydrogen) atoms. The Hall–Kier alpha value is -0.870. The van der Waals surface area contributed by atoms with Crippen molar-refractivity contribution in [3.8, 4) is 0 Å². The minimum atomic E-state index is 0.0722. The summed E-state index contributed by atoms with van der Waals surface area (Å²) in [5.41, 5.74) is 1.31. The van der Waals surface area contributed by atoms with E-state index in [2.05, 4.69) is 62.7 Å². The van der Waals surface area contributed by atoms with E-state index in [1.165, 1.54) is 5.69 Å². The average molecular weight is 295 g/mol. The summed E-state index contributed by atoms with van der Waals surface area (Å²) < 4.78 is 8.24. The van der Waals surface area contributed by atoms with E-state index in [9.17, 15) is 0 Å². The third kappa shape index (κ3) is 5.11. The third-order valence-corrected chi connectivity index (χ3v) is 3.62. The Morgan fingerprint density at radius 3 is 2.48 bits per heavy atom. The molecule has 0 aliphatic rings. The highest BCUT2D eigenvalue weighted by Crippen LogP contribution is 2.33. The van der Waals surface area contributed by atoms with Gasteiger partial charge in [0, 0.05) is 19.3 Å². The summed E-state index contributed by atoms with van der Waals surface area (Å²) in [6, 6.07) is 2.31. The Kier molecular flexibility index (Phi) is 7.40. The van der Waals surface area contributed by atoms with Crippen LogP contribution in [0, 0.1) is 5.41 Å². The molecule has 1 aromatic rings. The van der Waals surface area contributed by atoms with Gasteiger partial charge in [-0.1, -0.05) is 34.6 Å². The van der Waals surface area contributed by atoms with Crippen molar-refractivity contribution in [3.05, 3.63) is 18.0 Å². The molecule has 4 heteroatoms. The average Bonchev–Trinajstić information content (AvgIpc) is 2.85. The molecule has 1 N–H and O–H groups in total. The zero-order valence-electron chi connectivity index (χ0n) is 14.6. The van der Waals surface area contributed by atoms with Gasteiger partial charge >= 0.3 is 0 Å². The SMILES string of the molecule is CCCNC(c1ccnn1CCC)C(OCC)C(C)(C)C. The van der Waals surface area contributed by atoms with Gasteiger partial charge in [-0.25, -0.2) is 0 Å². The van der Waals surface area contributed by atoms with Crippen molar-refractivity contribution >= 4 is 0 Å². The van der Waals surface area contributed by atoms with Gasteiger partial charge in [-0.05, 0) is 37.8 Å². The van der Waals surface area contributed by atoms with E-state index >= 15 is 0 Å². The van der Waals surface area contributed by atoms with Crippen LogP contribution in [0.2, 0.25) is 0 Å². The first kappa shape index (κ1) is 18.2. The second-order valence-electron chi connectivity index (χ2n) is 6.65. The van der Waals surface area contributed by atoms with Crippen LogP contribution in [0.4, 0.5) is 0 Å². The summed E-state index contributed by atoms with van der Waals surface area (Å²) in [4.78, 5) is 0. The van der Waals surface area contributed by atoms with Crippen LogP contribution in [0.3, 0.4) is 0 Å². The van der Waals surface area contributed by atoms with E-state index in [1.54, 1.807) is 0 Å². The molecule has 122 valence electrons. The number of nitrogens with zero attached hydrogens (tertiary/aromatic N) is 2. The number of aromatic nitrogens is 2. The highest BCUT2D eigenvalue weighted by molar-refractivity contribution is 5.11. The molecule has 2 unspecified atom stereocenters. The molecule has 2 atom stereocenters. The first-order valence-electron chi connectivity index (χ1n) is 8.32. The molecule has 0 spiro atoms. The van der Waals surface area contributed by atoms with Crippen LogP contribution in [-0.2, 0) is 11.3 Å². The Balaban J connectivity index is 3.09. The van der Waals surface area contributed by atoms with Gasteiger partial charge in [0.15, 0.2) is 0 Å². The summed E-state index contributed by atoms with van der Waals surface area (Å²) in [6.45, 7) is 15.9. The normalized spacial score (nSPS) is 15.1. The lowest BCUT2D eigenvalue weighted by Crippen LogP contribution is -2.43. The lowest BCUT2D eigenvalue weighted by Gasteiger charge is -2.37.